The van der Waals surface area contributed by atoms with Gasteiger partial charge in [-0.25, -0.2) is 44.9 Å². The summed E-state index contributed by atoms with van der Waals surface area (Å²) in [7, 11) is 0. The minimum Gasteiger partial charge on any atom is -0.219 e. The van der Waals surface area contributed by atoms with Crippen LogP contribution in [0.3, 0.4) is 0 Å². The van der Waals surface area contributed by atoms with Crippen molar-refractivity contribution in [3.8, 4) is 79.7 Å². The van der Waals surface area contributed by atoms with Crippen LogP contribution in [0, 0.1) is 13.8 Å². The topological polar surface area (TPSA) is 116 Å². The van der Waals surface area contributed by atoms with E-state index in [0.29, 0.717) is 52.4 Å². The molecular formula is C45H31N9. The smallest absolute Gasteiger partial charge is 0.164 e. The summed E-state index contributed by atoms with van der Waals surface area (Å²) in [6.07, 6.45) is 0. The fourth-order valence-corrected chi connectivity index (χ4v) is 6.45. The predicted octanol–water partition coefficient (Wildman–Crippen LogP) is 9.68. The molecule has 3 aromatic heterocycles. The molecule has 9 rings (SSSR count). The highest BCUT2D eigenvalue weighted by Crippen LogP contribution is 2.35. The highest BCUT2D eigenvalue weighted by molar-refractivity contribution is 5.98. The van der Waals surface area contributed by atoms with Gasteiger partial charge in [0.25, 0.3) is 0 Å². The van der Waals surface area contributed by atoms with Crippen LogP contribution in [-0.4, -0.2) is 44.9 Å². The summed E-state index contributed by atoms with van der Waals surface area (Å²) in [5.74, 6) is 5.24. The molecule has 0 aliphatic heterocycles. The highest BCUT2D eigenvalue weighted by Gasteiger charge is 2.19. The Bertz CT molecular complexity index is 2710. The summed E-state index contributed by atoms with van der Waals surface area (Å²) in [5, 5.41) is 1.99. The molecule has 9 aromatic rings. The number of aryl methyl sites for hydroxylation is 2. The van der Waals surface area contributed by atoms with Gasteiger partial charge in [-0.15, -0.1) is 0 Å². The fraction of sp³-hybridized carbons (Fsp3) is 0.0444. The van der Waals surface area contributed by atoms with Crippen LogP contribution in [0.4, 0.5) is 0 Å². The van der Waals surface area contributed by atoms with Gasteiger partial charge in [0.2, 0.25) is 0 Å². The first-order valence-corrected chi connectivity index (χ1v) is 17.6. The van der Waals surface area contributed by atoms with Crippen molar-refractivity contribution in [1.82, 2.24) is 44.9 Å². The molecule has 0 bridgehead atoms. The molecule has 0 saturated carbocycles. The monoisotopic (exact) mass is 697 g/mol. The average molecular weight is 698 g/mol. The van der Waals surface area contributed by atoms with Crippen molar-refractivity contribution in [3.63, 3.8) is 0 Å². The fourth-order valence-electron chi connectivity index (χ4n) is 6.45. The van der Waals surface area contributed by atoms with Crippen LogP contribution in [0.1, 0.15) is 11.6 Å². The van der Waals surface area contributed by atoms with Gasteiger partial charge in [-0.1, -0.05) is 133 Å². The van der Waals surface area contributed by atoms with Crippen molar-refractivity contribution in [2.45, 2.75) is 13.8 Å². The van der Waals surface area contributed by atoms with E-state index in [1.54, 1.807) is 0 Å². The van der Waals surface area contributed by atoms with Crippen molar-refractivity contribution >= 4 is 10.8 Å². The Morgan fingerprint density at radius 2 is 0.667 bits per heavy atom. The summed E-state index contributed by atoms with van der Waals surface area (Å²) < 4.78 is 0. The first-order valence-electron chi connectivity index (χ1n) is 17.6. The van der Waals surface area contributed by atoms with Gasteiger partial charge < -0.3 is 0 Å². The van der Waals surface area contributed by atoms with Crippen molar-refractivity contribution in [1.29, 1.82) is 0 Å². The van der Waals surface area contributed by atoms with Gasteiger partial charge in [0.1, 0.15) is 11.6 Å². The third kappa shape index (κ3) is 6.57. The molecule has 6 aromatic carbocycles. The van der Waals surface area contributed by atoms with Crippen LogP contribution in [0.25, 0.3) is 90.5 Å². The minimum absolute atomic E-state index is 0.523. The molecule has 0 amide bonds. The zero-order valence-electron chi connectivity index (χ0n) is 29.5. The summed E-state index contributed by atoms with van der Waals surface area (Å²) in [6.45, 7) is 3.74. The van der Waals surface area contributed by atoms with Gasteiger partial charge in [0.05, 0.1) is 0 Å². The van der Waals surface area contributed by atoms with Crippen molar-refractivity contribution in [2.24, 2.45) is 0 Å². The van der Waals surface area contributed by atoms with Crippen molar-refractivity contribution in [2.75, 3.05) is 0 Å². The van der Waals surface area contributed by atoms with Crippen LogP contribution < -0.4 is 0 Å². The number of fused-ring (bicyclic) bond motifs is 1. The number of benzene rings is 6. The van der Waals surface area contributed by atoms with E-state index in [-0.39, 0.29) is 0 Å². The quantitative estimate of drug-likeness (QED) is 0.160. The van der Waals surface area contributed by atoms with Crippen LogP contribution in [0.15, 0.2) is 152 Å². The Balaban J connectivity index is 1.25. The lowest BCUT2D eigenvalue weighted by molar-refractivity contribution is 0.928. The Morgan fingerprint density at radius 3 is 1.19 bits per heavy atom. The molecule has 0 N–H and O–H groups in total. The van der Waals surface area contributed by atoms with E-state index in [1.807, 2.05) is 141 Å². The van der Waals surface area contributed by atoms with Crippen molar-refractivity contribution < 1.29 is 0 Å². The molecule has 0 radical (unpaired) electrons. The summed E-state index contributed by atoms with van der Waals surface area (Å²) in [5.41, 5.74) is 5.97. The molecule has 54 heavy (non-hydrogen) atoms. The third-order valence-electron chi connectivity index (χ3n) is 8.97. The predicted molar refractivity (Wildman–Crippen MR) is 212 cm³/mol. The molecule has 0 fully saturated rings. The maximum atomic E-state index is 5.16. The maximum absolute atomic E-state index is 5.16. The second-order valence-electron chi connectivity index (χ2n) is 12.8. The molecule has 9 nitrogen and oxygen atoms in total. The van der Waals surface area contributed by atoms with Crippen LogP contribution in [0.2, 0.25) is 0 Å². The molecule has 0 spiro atoms. The van der Waals surface area contributed by atoms with E-state index >= 15 is 0 Å². The lowest BCUT2D eigenvalue weighted by Crippen LogP contribution is -2.03. The van der Waals surface area contributed by atoms with Crippen LogP contribution in [0.5, 0.6) is 0 Å². The molecular weight excluding hydrogens is 667 g/mol. The maximum Gasteiger partial charge on any atom is 0.164 e. The van der Waals surface area contributed by atoms with Gasteiger partial charge in [-0.05, 0) is 42.8 Å². The number of rotatable bonds is 7. The Morgan fingerprint density at radius 1 is 0.278 bits per heavy atom. The Hall–Kier alpha value is -7.39. The highest BCUT2D eigenvalue weighted by atomic mass is 15.1. The second-order valence-corrected chi connectivity index (χ2v) is 12.8. The number of aromatic nitrogens is 9. The molecule has 3 heterocycles. The summed E-state index contributed by atoms with van der Waals surface area (Å²) >= 11 is 0. The van der Waals surface area contributed by atoms with Gasteiger partial charge in [-0.3, -0.25) is 0 Å². The van der Waals surface area contributed by atoms with Gasteiger partial charge >= 0.3 is 0 Å². The molecule has 0 saturated heterocycles. The summed E-state index contributed by atoms with van der Waals surface area (Å²) in [4.78, 5) is 43.8. The second kappa shape index (κ2) is 14.0. The first kappa shape index (κ1) is 32.5. The normalized spacial score (nSPS) is 11.1. The molecule has 9 heteroatoms. The van der Waals surface area contributed by atoms with Crippen LogP contribution in [-0.2, 0) is 0 Å². The first-order chi connectivity index (χ1) is 26.5. The molecule has 256 valence electrons. The minimum atomic E-state index is 0.523. The third-order valence-corrected chi connectivity index (χ3v) is 8.97. The largest absolute Gasteiger partial charge is 0.219 e. The summed E-state index contributed by atoms with van der Waals surface area (Å²) in [6, 6.07) is 50.3. The van der Waals surface area contributed by atoms with E-state index in [2.05, 4.69) is 39.2 Å². The number of hydrogen-bond acceptors (Lipinski definition) is 9. The molecule has 0 aliphatic rings. The van der Waals surface area contributed by atoms with Crippen LogP contribution >= 0.6 is 0 Å². The average Bonchev–Trinajstić information content (AvgIpc) is 3.23. The standard InChI is InChI=1S/C45H31N9/c1-28-46-29(2)48-42(47-28)34-22-14-23-35(26-34)43-50-41(32-19-10-5-11-20-32)53-45(54-43)38-27-36(25-33-21-12-13-24-37(33)38)44-51-39(30-15-6-3-7-16-30)49-40(52-44)31-17-8-4-9-18-31/h3-27H,1-2H3. The number of hydrogen-bond donors (Lipinski definition) is 0. The van der Waals surface area contributed by atoms with Gasteiger partial charge in [-0.2, -0.15) is 0 Å². The van der Waals surface area contributed by atoms with Crippen molar-refractivity contribution in [3.05, 3.63) is 163 Å². The van der Waals surface area contributed by atoms with E-state index in [1.165, 1.54) is 0 Å². The SMILES string of the molecule is Cc1nc(C)nc(-c2cccc(-c3nc(-c4ccccc4)nc(-c4cc(-c5nc(-c6ccccc6)nc(-c6ccccc6)n5)cc5ccccc45)n3)c2)n1. The molecule has 0 atom stereocenters. The van der Waals surface area contributed by atoms with E-state index in [0.717, 1.165) is 49.7 Å². The lowest BCUT2D eigenvalue weighted by Gasteiger charge is -2.13. The Labute approximate surface area is 311 Å². The molecule has 0 aliphatic carbocycles. The van der Waals surface area contributed by atoms with E-state index in [9.17, 15) is 0 Å². The lowest BCUT2D eigenvalue weighted by atomic mass is 9.99. The van der Waals surface area contributed by atoms with E-state index in [4.69, 9.17) is 29.9 Å². The Kier molecular flexibility index (Phi) is 8.41. The molecule has 0 unspecified atom stereocenters. The van der Waals surface area contributed by atoms with E-state index < -0.39 is 0 Å². The number of nitrogens with zero attached hydrogens (tertiary/aromatic N) is 9. The zero-order valence-corrected chi connectivity index (χ0v) is 29.5. The zero-order chi connectivity index (χ0) is 36.4. The van der Waals surface area contributed by atoms with Gasteiger partial charge in [0, 0.05) is 38.9 Å². The van der Waals surface area contributed by atoms with Gasteiger partial charge in [0.15, 0.2) is 40.8 Å².